The second kappa shape index (κ2) is 10.9. The van der Waals surface area contributed by atoms with Crippen LogP contribution >= 0.6 is 22.9 Å². The van der Waals surface area contributed by atoms with E-state index in [2.05, 4.69) is 9.97 Å². The molecule has 1 unspecified atom stereocenters. The molecule has 4 aromatic rings. The lowest BCUT2D eigenvalue weighted by Gasteiger charge is -2.33. The minimum atomic E-state index is -3.40. The van der Waals surface area contributed by atoms with E-state index in [4.69, 9.17) is 31.5 Å². The van der Waals surface area contributed by atoms with Crippen LogP contribution in [0.5, 0.6) is 11.8 Å². The number of thiophene rings is 1. The normalized spacial score (nSPS) is 25.3. The predicted octanol–water partition coefficient (Wildman–Crippen LogP) is 6.09. The number of benzene rings is 2. The maximum atomic E-state index is 17.0. The van der Waals surface area contributed by atoms with Gasteiger partial charge in [0.2, 0.25) is 0 Å². The molecule has 0 aliphatic carbocycles. The van der Waals surface area contributed by atoms with Gasteiger partial charge in [-0.1, -0.05) is 17.7 Å². The first-order valence-electron chi connectivity index (χ1n) is 15.0. The SMILES string of the molecule is N#Cc1c(N)sc2c(F)ccc(-c3c(Cl)c4c5c(nc(OC[C@@]67CCCN6C[C@H](F)C7)nc5c3F)N3CCOCC(F)(F)C3CO4)c12. The zero-order chi connectivity index (χ0) is 32.8. The number of fused-ring (bicyclic) bond motifs is 4. The number of anilines is 2. The summed E-state index contributed by atoms with van der Waals surface area (Å²) in [6, 6.07) is 2.45. The summed E-state index contributed by atoms with van der Waals surface area (Å²) in [6.07, 6.45) is 0.762. The van der Waals surface area contributed by atoms with Crippen molar-refractivity contribution < 1.29 is 36.2 Å². The molecular formula is C31H26ClF5N6O3S. The van der Waals surface area contributed by atoms with Gasteiger partial charge in [0.1, 0.15) is 60.3 Å². The Morgan fingerprint density at radius 3 is 2.85 bits per heavy atom. The fraction of sp³-hybridized carbons (Fsp3) is 0.452. The number of hydrogen-bond donors (Lipinski definition) is 1. The third-order valence-corrected chi connectivity index (χ3v) is 11.1. The molecule has 2 aromatic heterocycles. The minimum Gasteiger partial charge on any atom is -0.489 e. The van der Waals surface area contributed by atoms with Crippen molar-refractivity contribution in [1.29, 1.82) is 5.26 Å². The summed E-state index contributed by atoms with van der Waals surface area (Å²) in [6.45, 7) is -0.548. The van der Waals surface area contributed by atoms with Crippen molar-refractivity contribution in [2.45, 2.75) is 42.9 Å². The van der Waals surface area contributed by atoms with E-state index in [0.29, 0.717) is 13.0 Å². The van der Waals surface area contributed by atoms with E-state index in [1.165, 1.54) is 11.0 Å². The number of hydrogen-bond acceptors (Lipinski definition) is 10. The van der Waals surface area contributed by atoms with Crippen molar-refractivity contribution in [1.82, 2.24) is 14.9 Å². The van der Waals surface area contributed by atoms with Crippen molar-refractivity contribution in [2.24, 2.45) is 0 Å². The second-order valence-electron chi connectivity index (χ2n) is 12.3. The van der Waals surface area contributed by atoms with Gasteiger partial charge in [-0.25, -0.2) is 22.0 Å². The van der Waals surface area contributed by atoms with Gasteiger partial charge in [0.15, 0.2) is 11.6 Å². The molecule has 3 saturated heterocycles. The van der Waals surface area contributed by atoms with Crippen LogP contribution in [0.3, 0.4) is 0 Å². The van der Waals surface area contributed by atoms with Crippen LogP contribution in [0.25, 0.3) is 32.1 Å². The van der Waals surface area contributed by atoms with Gasteiger partial charge in [0.05, 0.1) is 32.8 Å². The summed E-state index contributed by atoms with van der Waals surface area (Å²) in [5.74, 6) is -5.30. The van der Waals surface area contributed by atoms with Crippen LogP contribution in [0.4, 0.5) is 32.8 Å². The third-order valence-electron chi connectivity index (χ3n) is 9.67. The van der Waals surface area contributed by atoms with E-state index in [-0.39, 0.29) is 98.0 Å². The topological polar surface area (TPSA) is 110 Å². The molecule has 0 saturated carbocycles. The lowest BCUT2D eigenvalue weighted by atomic mass is 9.95. The lowest BCUT2D eigenvalue weighted by molar-refractivity contribution is -0.0864. The van der Waals surface area contributed by atoms with Crippen LogP contribution in [0.2, 0.25) is 5.02 Å². The minimum absolute atomic E-state index is 0.00475. The summed E-state index contributed by atoms with van der Waals surface area (Å²) < 4.78 is 94.7. The zero-order valence-electron chi connectivity index (χ0n) is 24.6. The van der Waals surface area contributed by atoms with Crippen LogP contribution in [-0.4, -0.2) is 84.6 Å². The third kappa shape index (κ3) is 4.59. The van der Waals surface area contributed by atoms with Gasteiger partial charge in [-0.2, -0.15) is 15.2 Å². The van der Waals surface area contributed by atoms with Crippen molar-refractivity contribution >= 4 is 54.7 Å². The Balaban J connectivity index is 1.36. The number of rotatable bonds is 4. The molecule has 8 rings (SSSR count). The Morgan fingerprint density at radius 2 is 2.04 bits per heavy atom. The zero-order valence-corrected chi connectivity index (χ0v) is 26.2. The number of aromatic nitrogens is 2. The molecule has 47 heavy (non-hydrogen) atoms. The summed E-state index contributed by atoms with van der Waals surface area (Å²) in [5.41, 5.74) is 4.78. The highest BCUT2D eigenvalue weighted by Gasteiger charge is 2.51. The molecule has 4 aliphatic heterocycles. The summed E-state index contributed by atoms with van der Waals surface area (Å²) in [5, 5.41) is 9.59. The number of nitrogens with two attached hydrogens (primary N) is 1. The Hall–Kier alpha value is -3.71. The fourth-order valence-corrected chi connectivity index (χ4v) is 8.80. The highest BCUT2D eigenvalue weighted by molar-refractivity contribution is 7.23. The van der Waals surface area contributed by atoms with Gasteiger partial charge >= 0.3 is 6.01 Å². The number of nitriles is 1. The molecule has 246 valence electrons. The van der Waals surface area contributed by atoms with Crippen LogP contribution in [0, 0.1) is 23.0 Å². The van der Waals surface area contributed by atoms with E-state index in [1.54, 1.807) is 0 Å². The number of nitrogens with zero attached hydrogens (tertiary/aromatic N) is 5. The van der Waals surface area contributed by atoms with Gasteiger partial charge in [-0.05, 0) is 31.0 Å². The Bertz CT molecular complexity index is 2010. The van der Waals surface area contributed by atoms with Crippen LogP contribution in [0.15, 0.2) is 12.1 Å². The molecule has 0 radical (unpaired) electrons. The van der Waals surface area contributed by atoms with Gasteiger partial charge in [-0.3, -0.25) is 4.90 Å². The summed E-state index contributed by atoms with van der Waals surface area (Å²) >= 11 is 7.71. The van der Waals surface area contributed by atoms with E-state index in [9.17, 15) is 14.0 Å². The van der Waals surface area contributed by atoms with Gasteiger partial charge in [0.25, 0.3) is 5.92 Å². The maximum Gasteiger partial charge on any atom is 0.319 e. The largest absolute Gasteiger partial charge is 0.489 e. The Morgan fingerprint density at radius 1 is 1.21 bits per heavy atom. The number of ether oxygens (including phenoxy) is 3. The number of halogens is 6. The molecule has 6 heterocycles. The van der Waals surface area contributed by atoms with E-state index in [0.717, 1.165) is 23.8 Å². The van der Waals surface area contributed by atoms with Crippen LogP contribution < -0.4 is 20.1 Å². The predicted molar refractivity (Wildman–Crippen MR) is 165 cm³/mol. The molecule has 4 aliphatic rings. The van der Waals surface area contributed by atoms with Crippen molar-refractivity contribution in [3.8, 4) is 29.0 Å². The highest BCUT2D eigenvalue weighted by Crippen LogP contribution is 2.52. The highest BCUT2D eigenvalue weighted by atomic mass is 35.5. The Labute approximate surface area is 273 Å². The summed E-state index contributed by atoms with van der Waals surface area (Å²) in [7, 11) is 0. The monoisotopic (exact) mass is 692 g/mol. The van der Waals surface area contributed by atoms with Crippen molar-refractivity contribution in [2.75, 3.05) is 56.7 Å². The second-order valence-corrected chi connectivity index (χ2v) is 13.8. The Kier molecular flexibility index (Phi) is 7.11. The maximum absolute atomic E-state index is 17.0. The number of nitrogen functional groups attached to an aromatic ring is 1. The van der Waals surface area contributed by atoms with E-state index < -0.39 is 48.5 Å². The molecule has 0 spiro atoms. The molecule has 2 aromatic carbocycles. The van der Waals surface area contributed by atoms with Gasteiger partial charge in [0, 0.05) is 30.5 Å². The average molecular weight is 693 g/mol. The van der Waals surface area contributed by atoms with Crippen LogP contribution in [-0.2, 0) is 4.74 Å². The van der Waals surface area contributed by atoms with Gasteiger partial charge < -0.3 is 24.8 Å². The smallest absolute Gasteiger partial charge is 0.319 e. The average Bonchev–Trinajstić information content (AvgIpc) is 3.60. The molecule has 2 N–H and O–H groups in total. The molecular weight excluding hydrogens is 667 g/mol. The molecule has 3 fully saturated rings. The molecule has 16 heteroatoms. The first-order chi connectivity index (χ1) is 22.5. The summed E-state index contributed by atoms with van der Waals surface area (Å²) in [4.78, 5) is 12.3. The van der Waals surface area contributed by atoms with E-state index in [1.807, 2.05) is 11.0 Å². The number of alkyl halides is 3. The quantitative estimate of drug-likeness (QED) is 0.254. The first-order valence-corrected chi connectivity index (χ1v) is 16.2. The first kappa shape index (κ1) is 30.6. The van der Waals surface area contributed by atoms with Crippen molar-refractivity contribution in [3.05, 3.63) is 34.4 Å². The van der Waals surface area contributed by atoms with Gasteiger partial charge in [-0.15, -0.1) is 11.3 Å². The van der Waals surface area contributed by atoms with E-state index >= 15 is 13.2 Å². The molecule has 3 atom stereocenters. The molecule has 0 bridgehead atoms. The standard InChI is InChI=1S/C31H26ClF5N6O3S/c32-22-20(15-2-3-17(34)26-19(15)16(9-38)27(39)47-26)23(35)24-21-25(22)45-11-18-31(36,37)13-44-7-6-43(18)28(21)41-29(40-24)46-12-30-4-1-5-42(30)10-14(33)8-30/h2-3,14,18H,1,4-8,10-13,39H2/t14-,18?,30+/m1/s1. The molecule has 9 nitrogen and oxygen atoms in total. The lowest BCUT2D eigenvalue weighted by Crippen LogP contribution is -2.52. The molecule has 0 amide bonds. The fourth-order valence-electron chi connectivity index (χ4n) is 7.51. The van der Waals surface area contributed by atoms with Crippen molar-refractivity contribution in [3.63, 3.8) is 0 Å². The van der Waals surface area contributed by atoms with Crippen LogP contribution in [0.1, 0.15) is 24.8 Å².